The quantitative estimate of drug-likeness (QED) is 0.548. The van der Waals surface area contributed by atoms with Crippen molar-refractivity contribution >= 4 is 5.91 Å². The molecule has 0 aliphatic heterocycles. The molecule has 1 aliphatic rings. The number of amides is 1. The van der Waals surface area contributed by atoms with Gasteiger partial charge >= 0.3 is 0 Å². The summed E-state index contributed by atoms with van der Waals surface area (Å²) in [4.78, 5) is 19.8. The molecule has 0 spiro atoms. The van der Waals surface area contributed by atoms with Gasteiger partial charge in [0.2, 0.25) is 5.67 Å². The first-order valence-corrected chi connectivity index (χ1v) is 8.32. The van der Waals surface area contributed by atoms with Crippen molar-refractivity contribution in [1.29, 1.82) is 0 Å². The zero-order chi connectivity index (χ0) is 19.0. The van der Waals surface area contributed by atoms with Crippen molar-refractivity contribution in [3.05, 3.63) is 83.9 Å². The molecular weight excluding hydrogens is 352 g/mol. The van der Waals surface area contributed by atoms with Gasteiger partial charge in [-0.05, 0) is 11.1 Å². The van der Waals surface area contributed by atoms with E-state index in [1.54, 1.807) is 48.5 Å². The molecule has 136 valence electrons. The number of carbonyl (C=O) groups excluding carboxylic acids is 1. The summed E-state index contributed by atoms with van der Waals surface area (Å²) in [5.41, 5.74) is 1.14. The molecule has 2 aromatic carbocycles. The topological polar surface area (TPSA) is 75.1 Å². The van der Waals surface area contributed by atoms with Crippen molar-refractivity contribution in [3.8, 4) is 11.4 Å². The van der Waals surface area contributed by atoms with Gasteiger partial charge < -0.3 is 0 Å². The molecule has 1 aliphatic carbocycles. The van der Waals surface area contributed by atoms with Crippen LogP contribution in [0, 0.1) is 5.82 Å². The van der Waals surface area contributed by atoms with Crippen LogP contribution in [0.3, 0.4) is 0 Å². The van der Waals surface area contributed by atoms with Crippen molar-refractivity contribution in [2.24, 2.45) is 0 Å². The van der Waals surface area contributed by atoms with E-state index in [4.69, 9.17) is 5.21 Å². The highest BCUT2D eigenvalue weighted by Gasteiger charge is 2.72. The highest BCUT2D eigenvalue weighted by atomic mass is 19.1. The van der Waals surface area contributed by atoms with E-state index in [1.165, 1.54) is 5.48 Å². The SMILES string of the molecule is O=C(NO)[C@@]1(F)[C@@H](c2ccccc2)[C@@H]1c1ccc(-c2ncc(F)cn2)cc1. The Balaban J connectivity index is 1.67. The standard InChI is InChI=1S/C20H15F2N3O2/c21-15-10-23-18(24-11-15)14-8-6-13(7-9-14)17-16(12-4-2-1-3-5-12)20(17,22)19(26)25-27/h1-11,16-17,27H,(H,25,26)/t16-,17-,20+/m0/s1. The zero-order valence-corrected chi connectivity index (χ0v) is 14.0. The second kappa shape index (κ2) is 6.51. The molecule has 3 atom stereocenters. The van der Waals surface area contributed by atoms with Crippen LogP contribution in [0.15, 0.2) is 67.0 Å². The minimum Gasteiger partial charge on any atom is -0.289 e. The third kappa shape index (κ3) is 2.86. The fraction of sp³-hybridized carbons (Fsp3) is 0.150. The minimum atomic E-state index is -2.23. The first-order chi connectivity index (χ1) is 13.1. The van der Waals surface area contributed by atoms with Crippen LogP contribution in [0.5, 0.6) is 0 Å². The van der Waals surface area contributed by atoms with Crippen LogP contribution < -0.4 is 5.48 Å². The van der Waals surface area contributed by atoms with Crippen LogP contribution >= 0.6 is 0 Å². The van der Waals surface area contributed by atoms with Gasteiger partial charge in [-0.2, -0.15) is 0 Å². The fourth-order valence-corrected chi connectivity index (χ4v) is 3.56. The summed E-state index contributed by atoms with van der Waals surface area (Å²) in [5.74, 6) is -2.67. The number of benzene rings is 2. The summed E-state index contributed by atoms with van der Waals surface area (Å²) in [6.07, 6.45) is 2.14. The maximum Gasteiger partial charge on any atom is 0.282 e. The molecule has 27 heavy (non-hydrogen) atoms. The van der Waals surface area contributed by atoms with Crippen molar-refractivity contribution in [2.75, 3.05) is 0 Å². The third-order valence-corrected chi connectivity index (χ3v) is 4.89. The largest absolute Gasteiger partial charge is 0.289 e. The van der Waals surface area contributed by atoms with E-state index in [-0.39, 0.29) is 0 Å². The lowest BCUT2D eigenvalue weighted by atomic mass is 10.0. The fourth-order valence-electron chi connectivity index (χ4n) is 3.56. The maximum absolute atomic E-state index is 15.4. The van der Waals surface area contributed by atoms with E-state index in [1.807, 2.05) is 6.07 Å². The van der Waals surface area contributed by atoms with Crippen LogP contribution in [0.2, 0.25) is 0 Å². The number of hydrogen-bond acceptors (Lipinski definition) is 4. The van der Waals surface area contributed by atoms with Crippen molar-refractivity contribution in [1.82, 2.24) is 15.4 Å². The van der Waals surface area contributed by atoms with Gasteiger partial charge in [0.15, 0.2) is 11.6 Å². The molecule has 1 heterocycles. The Morgan fingerprint density at radius 2 is 1.52 bits per heavy atom. The second-order valence-electron chi connectivity index (χ2n) is 6.42. The van der Waals surface area contributed by atoms with E-state index >= 15 is 4.39 Å². The maximum atomic E-state index is 15.4. The van der Waals surface area contributed by atoms with Gasteiger partial charge in [0.1, 0.15) is 0 Å². The van der Waals surface area contributed by atoms with Crippen molar-refractivity contribution in [3.63, 3.8) is 0 Å². The normalized spacial score (nSPS) is 23.7. The molecule has 7 heteroatoms. The number of carbonyl (C=O) groups is 1. The third-order valence-electron chi connectivity index (χ3n) is 4.89. The number of halogens is 2. The number of hydroxylamine groups is 1. The highest BCUT2D eigenvalue weighted by molar-refractivity contribution is 5.92. The van der Waals surface area contributed by atoms with Gasteiger partial charge in [-0.1, -0.05) is 54.6 Å². The Kier molecular flexibility index (Phi) is 4.16. The Morgan fingerprint density at radius 3 is 2.07 bits per heavy atom. The molecule has 0 unspecified atom stereocenters. The van der Waals surface area contributed by atoms with Crippen LogP contribution in [0.4, 0.5) is 8.78 Å². The summed E-state index contributed by atoms with van der Waals surface area (Å²) in [6.45, 7) is 0. The molecular formula is C20H15F2N3O2. The molecule has 1 amide bonds. The number of nitrogens with one attached hydrogen (secondary N) is 1. The molecule has 0 saturated heterocycles. The van der Waals surface area contributed by atoms with Crippen molar-refractivity contribution < 1.29 is 18.8 Å². The lowest BCUT2D eigenvalue weighted by Gasteiger charge is -2.06. The van der Waals surface area contributed by atoms with E-state index in [0.29, 0.717) is 22.5 Å². The Hall–Kier alpha value is -3.19. The zero-order valence-electron chi connectivity index (χ0n) is 14.0. The summed E-state index contributed by atoms with van der Waals surface area (Å²) in [7, 11) is 0. The first kappa shape index (κ1) is 17.2. The second-order valence-corrected chi connectivity index (χ2v) is 6.42. The van der Waals surface area contributed by atoms with Crippen LogP contribution in [-0.2, 0) is 4.79 Å². The lowest BCUT2D eigenvalue weighted by molar-refractivity contribution is -0.136. The number of aromatic nitrogens is 2. The van der Waals surface area contributed by atoms with E-state index in [9.17, 15) is 9.18 Å². The predicted octanol–water partition coefficient (Wildman–Crippen LogP) is 3.38. The summed E-state index contributed by atoms with van der Waals surface area (Å²) in [6, 6.07) is 15.6. The number of nitrogens with zero attached hydrogens (tertiary/aromatic N) is 2. The Morgan fingerprint density at radius 1 is 0.963 bits per heavy atom. The lowest BCUT2D eigenvalue weighted by Crippen LogP contribution is -2.33. The number of alkyl halides is 1. The van der Waals surface area contributed by atoms with E-state index in [2.05, 4.69) is 9.97 Å². The van der Waals surface area contributed by atoms with Gasteiger partial charge in [0, 0.05) is 17.4 Å². The van der Waals surface area contributed by atoms with E-state index in [0.717, 1.165) is 12.4 Å². The Bertz CT molecular complexity index is 965. The van der Waals surface area contributed by atoms with Crippen molar-refractivity contribution in [2.45, 2.75) is 17.5 Å². The summed E-state index contributed by atoms with van der Waals surface area (Å²) < 4.78 is 28.4. The van der Waals surface area contributed by atoms with Gasteiger partial charge in [-0.15, -0.1) is 0 Å². The average Bonchev–Trinajstić information content (AvgIpc) is 3.35. The molecule has 1 fully saturated rings. The summed E-state index contributed by atoms with van der Waals surface area (Å²) in [5, 5.41) is 8.97. The van der Waals surface area contributed by atoms with Gasteiger partial charge in [-0.25, -0.2) is 24.2 Å². The first-order valence-electron chi connectivity index (χ1n) is 8.32. The smallest absolute Gasteiger partial charge is 0.282 e. The van der Waals surface area contributed by atoms with Crippen LogP contribution in [0.1, 0.15) is 23.0 Å². The molecule has 5 nitrogen and oxygen atoms in total. The minimum absolute atomic E-state index is 0.345. The van der Waals surface area contributed by atoms with Crippen LogP contribution in [0.25, 0.3) is 11.4 Å². The number of rotatable bonds is 4. The van der Waals surface area contributed by atoms with Gasteiger partial charge in [0.25, 0.3) is 5.91 Å². The summed E-state index contributed by atoms with van der Waals surface area (Å²) >= 11 is 0. The monoisotopic (exact) mass is 367 g/mol. The Labute approximate surface area is 153 Å². The average molecular weight is 367 g/mol. The number of hydrogen-bond donors (Lipinski definition) is 2. The predicted molar refractivity (Wildman–Crippen MR) is 93.1 cm³/mol. The molecule has 1 aromatic heterocycles. The van der Waals surface area contributed by atoms with Gasteiger partial charge in [0.05, 0.1) is 12.4 Å². The molecule has 4 rings (SSSR count). The van der Waals surface area contributed by atoms with Gasteiger partial charge in [-0.3, -0.25) is 10.0 Å². The molecule has 0 bridgehead atoms. The molecule has 0 radical (unpaired) electrons. The molecule has 2 N–H and O–H groups in total. The highest BCUT2D eigenvalue weighted by Crippen LogP contribution is 2.66. The molecule has 1 saturated carbocycles. The van der Waals surface area contributed by atoms with Crippen LogP contribution in [-0.4, -0.2) is 26.8 Å². The molecule has 3 aromatic rings. The van der Waals surface area contributed by atoms with E-state index < -0.39 is 29.2 Å².